The summed E-state index contributed by atoms with van der Waals surface area (Å²) in [5.74, 6) is 1.59. The second kappa shape index (κ2) is 5.66. The molecule has 4 heterocycles. The summed E-state index contributed by atoms with van der Waals surface area (Å²) < 4.78 is 7.83. The first-order chi connectivity index (χ1) is 10.4. The molecule has 112 valence electrons. The molecule has 0 saturated carbocycles. The molecule has 2 aliphatic rings. The van der Waals surface area contributed by atoms with Gasteiger partial charge in [0, 0.05) is 50.6 Å². The van der Waals surface area contributed by atoms with Gasteiger partial charge < -0.3 is 19.4 Å². The third kappa shape index (κ3) is 2.51. The van der Waals surface area contributed by atoms with Gasteiger partial charge in [0.05, 0.1) is 18.3 Å². The van der Waals surface area contributed by atoms with Gasteiger partial charge in [0.1, 0.15) is 5.82 Å². The van der Waals surface area contributed by atoms with Gasteiger partial charge in [-0.25, -0.2) is 4.98 Å². The van der Waals surface area contributed by atoms with Gasteiger partial charge in [0.25, 0.3) is 0 Å². The zero-order chi connectivity index (χ0) is 14.1. The van der Waals surface area contributed by atoms with Crippen molar-refractivity contribution in [3.05, 3.63) is 30.4 Å². The lowest BCUT2D eigenvalue weighted by molar-refractivity contribution is 0.0779. The van der Waals surface area contributed by atoms with Crippen LogP contribution in [0.2, 0.25) is 0 Å². The van der Waals surface area contributed by atoms with E-state index in [2.05, 4.69) is 37.9 Å². The minimum absolute atomic E-state index is 0.436. The van der Waals surface area contributed by atoms with Crippen molar-refractivity contribution >= 4 is 11.2 Å². The normalized spacial score (nSPS) is 23.6. The summed E-state index contributed by atoms with van der Waals surface area (Å²) in [5.41, 5.74) is 2.49. The molecule has 1 N–H and O–H groups in total. The Morgan fingerprint density at radius 1 is 1.29 bits per heavy atom. The lowest BCUT2D eigenvalue weighted by Gasteiger charge is -2.29. The van der Waals surface area contributed by atoms with E-state index < -0.39 is 0 Å². The number of pyridine rings is 1. The van der Waals surface area contributed by atoms with Gasteiger partial charge in [-0.2, -0.15) is 0 Å². The maximum absolute atomic E-state index is 5.61. The third-order valence-electron chi connectivity index (χ3n) is 4.55. The summed E-state index contributed by atoms with van der Waals surface area (Å²) in [6.07, 6.45) is 6.48. The van der Waals surface area contributed by atoms with Gasteiger partial charge in [0.2, 0.25) is 0 Å². The van der Waals surface area contributed by atoms with E-state index in [4.69, 9.17) is 4.74 Å². The number of anilines is 1. The number of hydrogen-bond donors (Lipinski definition) is 1. The van der Waals surface area contributed by atoms with Crippen molar-refractivity contribution in [1.29, 1.82) is 0 Å². The van der Waals surface area contributed by atoms with Crippen LogP contribution in [-0.4, -0.2) is 48.8 Å². The van der Waals surface area contributed by atoms with Crippen molar-refractivity contribution in [3.8, 4) is 0 Å². The Morgan fingerprint density at radius 2 is 2.19 bits per heavy atom. The number of fused-ring (bicyclic) bond motifs is 1. The van der Waals surface area contributed by atoms with Crippen LogP contribution in [0.15, 0.2) is 24.5 Å². The van der Waals surface area contributed by atoms with Crippen molar-refractivity contribution in [2.45, 2.75) is 18.8 Å². The van der Waals surface area contributed by atoms with E-state index in [1.54, 1.807) is 0 Å². The Hall–Kier alpha value is -1.59. The van der Waals surface area contributed by atoms with Crippen molar-refractivity contribution in [3.63, 3.8) is 0 Å². The molecule has 1 atom stereocenters. The van der Waals surface area contributed by atoms with Gasteiger partial charge in [-0.1, -0.05) is 0 Å². The Balaban J connectivity index is 1.63. The predicted molar refractivity (Wildman–Crippen MR) is 83.1 cm³/mol. The highest BCUT2D eigenvalue weighted by molar-refractivity contribution is 5.60. The minimum atomic E-state index is 0.436. The van der Waals surface area contributed by atoms with Gasteiger partial charge in [-0.05, 0) is 25.0 Å². The van der Waals surface area contributed by atoms with Crippen molar-refractivity contribution in [2.24, 2.45) is 0 Å². The van der Waals surface area contributed by atoms with E-state index in [0.717, 1.165) is 51.6 Å². The van der Waals surface area contributed by atoms with E-state index >= 15 is 0 Å². The van der Waals surface area contributed by atoms with Gasteiger partial charge in [0.15, 0.2) is 0 Å². The average molecular weight is 286 g/mol. The molecule has 0 aromatic carbocycles. The molecule has 2 aliphatic heterocycles. The molecule has 21 heavy (non-hydrogen) atoms. The number of piperazine rings is 1. The standard InChI is InChI=1S/C16H22N4O/c1-2-13(12-21-9-1)16-18-11-15-10-14(3-6-20(15)16)19-7-4-17-5-8-19/h3,6,10-11,13,17H,1-2,4-5,7-9,12H2. The lowest BCUT2D eigenvalue weighted by atomic mass is 10.0. The fourth-order valence-electron chi connectivity index (χ4n) is 3.37. The summed E-state index contributed by atoms with van der Waals surface area (Å²) in [7, 11) is 0. The van der Waals surface area contributed by atoms with Crippen LogP contribution in [0.4, 0.5) is 5.69 Å². The summed E-state index contributed by atoms with van der Waals surface area (Å²) in [5, 5.41) is 3.40. The molecule has 0 amide bonds. The molecule has 2 aromatic rings. The number of imidazole rings is 1. The van der Waals surface area contributed by atoms with E-state index in [1.807, 2.05) is 6.20 Å². The Bertz CT molecular complexity index is 612. The van der Waals surface area contributed by atoms with Crippen LogP contribution in [0.5, 0.6) is 0 Å². The summed E-state index contributed by atoms with van der Waals surface area (Å²) in [6, 6.07) is 4.47. The molecule has 2 aromatic heterocycles. The van der Waals surface area contributed by atoms with Crippen molar-refractivity contribution < 1.29 is 4.74 Å². The zero-order valence-corrected chi connectivity index (χ0v) is 12.3. The van der Waals surface area contributed by atoms with Crippen molar-refractivity contribution in [1.82, 2.24) is 14.7 Å². The SMILES string of the molecule is c1cn2c(C3CCCOC3)ncc2cc1N1CCNCC1. The number of nitrogens with one attached hydrogen (secondary N) is 1. The average Bonchev–Trinajstić information content (AvgIpc) is 2.99. The quantitative estimate of drug-likeness (QED) is 0.911. The summed E-state index contributed by atoms with van der Waals surface area (Å²) in [4.78, 5) is 7.09. The maximum Gasteiger partial charge on any atom is 0.118 e. The second-order valence-corrected chi connectivity index (χ2v) is 5.95. The Kier molecular flexibility index (Phi) is 3.53. The van der Waals surface area contributed by atoms with Crippen molar-refractivity contribution in [2.75, 3.05) is 44.3 Å². The smallest absolute Gasteiger partial charge is 0.118 e. The van der Waals surface area contributed by atoms with Crippen LogP contribution in [0.1, 0.15) is 24.6 Å². The highest BCUT2D eigenvalue weighted by atomic mass is 16.5. The maximum atomic E-state index is 5.61. The Labute approximate surface area is 124 Å². The van der Waals surface area contributed by atoms with E-state index in [0.29, 0.717) is 5.92 Å². The highest BCUT2D eigenvalue weighted by Gasteiger charge is 2.21. The molecule has 5 nitrogen and oxygen atoms in total. The van der Waals surface area contributed by atoms with Crippen LogP contribution in [0.3, 0.4) is 0 Å². The topological polar surface area (TPSA) is 41.8 Å². The first-order valence-electron chi connectivity index (χ1n) is 7.92. The molecular formula is C16H22N4O. The molecule has 5 heteroatoms. The summed E-state index contributed by atoms with van der Waals surface area (Å²) in [6.45, 7) is 5.98. The van der Waals surface area contributed by atoms with Gasteiger partial charge >= 0.3 is 0 Å². The minimum Gasteiger partial charge on any atom is -0.381 e. The molecule has 1 unspecified atom stereocenters. The van der Waals surface area contributed by atoms with Gasteiger partial charge in [-0.3, -0.25) is 0 Å². The number of nitrogens with zero attached hydrogens (tertiary/aromatic N) is 3. The predicted octanol–water partition coefficient (Wildman–Crippen LogP) is 1.64. The third-order valence-corrected chi connectivity index (χ3v) is 4.55. The van der Waals surface area contributed by atoms with E-state index in [9.17, 15) is 0 Å². The largest absolute Gasteiger partial charge is 0.381 e. The number of aromatic nitrogens is 2. The summed E-state index contributed by atoms with van der Waals surface area (Å²) >= 11 is 0. The first kappa shape index (κ1) is 13.1. The zero-order valence-electron chi connectivity index (χ0n) is 12.3. The fourth-order valence-corrected chi connectivity index (χ4v) is 3.37. The van der Waals surface area contributed by atoms with Crippen LogP contribution in [0.25, 0.3) is 5.52 Å². The fraction of sp³-hybridized carbons (Fsp3) is 0.562. The van der Waals surface area contributed by atoms with Crippen LogP contribution >= 0.6 is 0 Å². The Morgan fingerprint density at radius 3 is 3.00 bits per heavy atom. The van der Waals surface area contributed by atoms with E-state index in [1.165, 1.54) is 17.6 Å². The number of ether oxygens (including phenoxy) is 1. The number of hydrogen-bond acceptors (Lipinski definition) is 4. The number of rotatable bonds is 2. The second-order valence-electron chi connectivity index (χ2n) is 5.95. The lowest BCUT2D eigenvalue weighted by Crippen LogP contribution is -2.43. The molecule has 4 rings (SSSR count). The first-order valence-corrected chi connectivity index (χ1v) is 7.92. The molecule has 2 saturated heterocycles. The van der Waals surface area contributed by atoms with Gasteiger partial charge in [-0.15, -0.1) is 0 Å². The van der Waals surface area contributed by atoms with Crippen LogP contribution in [-0.2, 0) is 4.74 Å². The van der Waals surface area contributed by atoms with E-state index in [-0.39, 0.29) is 0 Å². The van der Waals surface area contributed by atoms with Crippen LogP contribution in [0, 0.1) is 0 Å². The van der Waals surface area contributed by atoms with Crippen LogP contribution < -0.4 is 10.2 Å². The molecule has 0 spiro atoms. The highest BCUT2D eigenvalue weighted by Crippen LogP contribution is 2.26. The molecule has 0 radical (unpaired) electrons. The molecule has 2 fully saturated rings. The molecule has 0 bridgehead atoms. The molecular weight excluding hydrogens is 264 g/mol. The molecule has 0 aliphatic carbocycles. The monoisotopic (exact) mass is 286 g/mol.